The van der Waals surface area contributed by atoms with Crippen LogP contribution in [0, 0.1) is 0 Å². The number of nitrogens with one attached hydrogen (secondary N) is 1. The van der Waals surface area contributed by atoms with Gasteiger partial charge >= 0.3 is 0 Å². The van der Waals surface area contributed by atoms with Crippen molar-refractivity contribution < 1.29 is 9.53 Å². The first-order chi connectivity index (χ1) is 12.8. The van der Waals surface area contributed by atoms with Crippen molar-refractivity contribution in [2.45, 2.75) is 12.3 Å². The van der Waals surface area contributed by atoms with Gasteiger partial charge in [-0.2, -0.15) is 0 Å². The lowest BCUT2D eigenvalue weighted by Crippen LogP contribution is -2.22. The number of hydrogen-bond donors (Lipinski definition) is 1. The lowest BCUT2D eigenvalue weighted by atomic mass is 9.89. The van der Waals surface area contributed by atoms with Crippen molar-refractivity contribution in [3.05, 3.63) is 83.1 Å². The molecule has 0 bridgehead atoms. The summed E-state index contributed by atoms with van der Waals surface area (Å²) in [6, 6.07) is 18.2. The van der Waals surface area contributed by atoms with Crippen LogP contribution < -0.4 is 10.1 Å². The van der Waals surface area contributed by atoms with E-state index in [0.717, 1.165) is 28.1 Å². The molecule has 0 fully saturated rings. The fraction of sp³-hybridized carbons (Fsp3) is 0.136. The van der Waals surface area contributed by atoms with E-state index in [1.807, 2.05) is 42.5 Å². The Kier molecular flexibility index (Phi) is 4.59. The van der Waals surface area contributed by atoms with Crippen LogP contribution in [0.3, 0.4) is 0 Å². The van der Waals surface area contributed by atoms with Crippen molar-refractivity contribution in [1.29, 1.82) is 0 Å². The Balaban J connectivity index is 1.69. The lowest BCUT2D eigenvalue weighted by Gasteiger charge is -2.24. The van der Waals surface area contributed by atoms with Crippen LogP contribution in [0.25, 0.3) is 11.1 Å². The number of anilines is 1. The number of amides is 1. The maximum absolute atomic E-state index is 12.4. The van der Waals surface area contributed by atoms with Crippen molar-refractivity contribution in [3.63, 3.8) is 0 Å². The van der Waals surface area contributed by atoms with Gasteiger partial charge in [0.1, 0.15) is 12.4 Å². The predicted molar refractivity (Wildman–Crippen MR) is 107 cm³/mol. The second kappa shape index (κ2) is 7.18. The molecule has 1 aromatic heterocycles. The van der Waals surface area contributed by atoms with Crippen molar-refractivity contribution >= 4 is 22.9 Å². The molecule has 3 nitrogen and oxygen atoms in total. The molecule has 1 atom stereocenters. The molecule has 1 N–H and O–H groups in total. The third kappa shape index (κ3) is 3.16. The lowest BCUT2D eigenvalue weighted by molar-refractivity contribution is -0.116. The molecule has 0 unspecified atom stereocenters. The maximum atomic E-state index is 12.4. The summed E-state index contributed by atoms with van der Waals surface area (Å²) in [6.07, 6.45) is 2.19. The molecule has 0 radical (unpaired) electrons. The standard InChI is InChI=1S/C22H19NO2S/c1-2-12-25-17-10-8-16(9-11-17)18-13-20(24)23-21-19(14-26-22(18)21)15-6-4-3-5-7-15/h2-11,14,18H,1,12-13H2,(H,23,24)/t18-/m1/s1. The number of rotatable bonds is 5. The fourth-order valence-electron chi connectivity index (χ4n) is 3.28. The third-order valence-corrected chi connectivity index (χ3v) is 5.62. The second-order valence-electron chi connectivity index (χ2n) is 6.23. The molecule has 2 aromatic carbocycles. The molecule has 4 rings (SSSR count). The summed E-state index contributed by atoms with van der Waals surface area (Å²) in [5.41, 5.74) is 4.30. The largest absolute Gasteiger partial charge is 0.490 e. The first-order valence-electron chi connectivity index (χ1n) is 8.56. The van der Waals surface area contributed by atoms with Gasteiger partial charge in [0, 0.05) is 28.2 Å². The normalized spacial score (nSPS) is 15.8. The van der Waals surface area contributed by atoms with E-state index in [0.29, 0.717) is 13.0 Å². The molecule has 0 saturated heterocycles. The highest BCUT2D eigenvalue weighted by molar-refractivity contribution is 7.11. The van der Waals surface area contributed by atoms with E-state index < -0.39 is 0 Å². The predicted octanol–water partition coefficient (Wildman–Crippen LogP) is 5.45. The minimum absolute atomic E-state index is 0.0602. The van der Waals surface area contributed by atoms with Crippen LogP contribution in [0.4, 0.5) is 5.69 Å². The molecule has 3 aromatic rings. The topological polar surface area (TPSA) is 38.3 Å². The fourth-order valence-corrected chi connectivity index (χ4v) is 4.44. The summed E-state index contributed by atoms with van der Waals surface area (Å²) in [5.74, 6) is 0.949. The van der Waals surface area contributed by atoms with Gasteiger partial charge in [0.15, 0.2) is 0 Å². The molecule has 1 aliphatic rings. The Morgan fingerprint density at radius 2 is 1.92 bits per heavy atom. The average molecular weight is 361 g/mol. The van der Waals surface area contributed by atoms with E-state index in [1.54, 1.807) is 17.4 Å². The number of hydrogen-bond acceptors (Lipinski definition) is 3. The number of fused-ring (bicyclic) bond motifs is 1. The zero-order valence-corrected chi connectivity index (χ0v) is 15.1. The van der Waals surface area contributed by atoms with E-state index >= 15 is 0 Å². The number of benzene rings is 2. The van der Waals surface area contributed by atoms with Crippen LogP contribution >= 0.6 is 11.3 Å². The molecule has 1 amide bonds. The maximum Gasteiger partial charge on any atom is 0.225 e. The van der Waals surface area contributed by atoms with Crippen molar-refractivity contribution in [3.8, 4) is 16.9 Å². The van der Waals surface area contributed by atoms with Gasteiger partial charge in [-0.3, -0.25) is 4.79 Å². The Hall–Kier alpha value is -2.85. The van der Waals surface area contributed by atoms with Crippen LogP contribution in [0.1, 0.15) is 22.8 Å². The molecule has 0 aliphatic carbocycles. The van der Waals surface area contributed by atoms with Gasteiger partial charge in [-0.05, 0) is 23.3 Å². The number of carbonyl (C=O) groups excluding carboxylic acids is 1. The Bertz CT molecular complexity index is 929. The first-order valence-corrected chi connectivity index (χ1v) is 9.44. The molecular formula is C22H19NO2S. The summed E-state index contributed by atoms with van der Waals surface area (Å²) in [7, 11) is 0. The molecule has 2 heterocycles. The molecule has 26 heavy (non-hydrogen) atoms. The highest BCUT2D eigenvalue weighted by Gasteiger charge is 2.30. The second-order valence-corrected chi connectivity index (χ2v) is 7.14. The SMILES string of the molecule is C=CCOc1ccc([C@H]2CC(=O)Nc3c(-c4ccccc4)csc32)cc1. The third-order valence-electron chi connectivity index (χ3n) is 4.53. The molecule has 130 valence electrons. The molecular weight excluding hydrogens is 342 g/mol. The minimum atomic E-state index is 0.0602. The van der Waals surface area contributed by atoms with Crippen LogP contribution in [0.2, 0.25) is 0 Å². The smallest absolute Gasteiger partial charge is 0.225 e. The van der Waals surface area contributed by atoms with Crippen molar-refractivity contribution in [2.75, 3.05) is 11.9 Å². The van der Waals surface area contributed by atoms with Crippen LogP contribution in [-0.4, -0.2) is 12.5 Å². The summed E-state index contributed by atoms with van der Waals surface area (Å²) >= 11 is 1.71. The molecule has 0 spiro atoms. The summed E-state index contributed by atoms with van der Waals surface area (Å²) in [6.45, 7) is 4.15. The van der Waals surface area contributed by atoms with Crippen LogP contribution in [0.15, 0.2) is 72.6 Å². The van der Waals surface area contributed by atoms with Gasteiger partial charge in [0.25, 0.3) is 0 Å². The summed E-state index contributed by atoms with van der Waals surface area (Å²) in [4.78, 5) is 13.6. The number of thiophene rings is 1. The van der Waals surface area contributed by atoms with Crippen LogP contribution in [0.5, 0.6) is 5.75 Å². The van der Waals surface area contributed by atoms with E-state index in [9.17, 15) is 4.79 Å². The van der Waals surface area contributed by atoms with Crippen molar-refractivity contribution in [1.82, 2.24) is 0 Å². The number of carbonyl (C=O) groups is 1. The average Bonchev–Trinajstić information content (AvgIpc) is 3.10. The molecule has 4 heteroatoms. The van der Waals surface area contributed by atoms with Gasteiger partial charge in [0.2, 0.25) is 5.91 Å². The van der Waals surface area contributed by atoms with Gasteiger partial charge in [-0.1, -0.05) is 55.1 Å². The highest BCUT2D eigenvalue weighted by Crippen LogP contribution is 2.46. The van der Waals surface area contributed by atoms with Crippen LogP contribution in [-0.2, 0) is 4.79 Å². The Morgan fingerprint density at radius 3 is 2.65 bits per heavy atom. The number of ether oxygens (including phenoxy) is 1. The van der Waals surface area contributed by atoms with Gasteiger partial charge in [-0.15, -0.1) is 11.3 Å². The highest BCUT2D eigenvalue weighted by atomic mass is 32.1. The van der Waals surface area contributed by atoms with E-state index in [4.69, 9.17) is 4.74 Å². The van der Waals surface area contributed by atoms with E-state index in [1.165, 1.54) is 4.88 Å². The van der Waals surface area contributed by atoms with Gasteiger partial charge < -0.3 is 10.1 Å². The molecule has 0 saturated carbocycles. The van der Waals surface area contributed by atoms with E-state index in [-0.39, 0.29) is 11.8 Å². The zero-order valence-electron chi connectivity index (χ0n) is 14.3. The molecule has 1 aliphatic heterocycles. The minimum Gasteiger partial charge on any atom is -0.490 e. The van der Waals surface area contributed by atoms with Crippen molar-refractivity contribution in [2.24, 2.45) is 0 Å². The van der Waals surface area contributed by atoms with Gasteiger partial charge in [-0.25, -0.2) is 0 Å². The quantitative estimate of drug-likeness (QED) is 0.613. The monoisotopic (exact) mass is 361 g/mol. The van der Waals surface area contributed by atoms with E-state index in [2.05, 4.69) is 29.4 Å². The Labute approximate surface area is 157 Å². The van der Waals surface area contributed by atoms with Gasteiger partial charge in [0.05, 0.1) is 5.69 Å². The Morgan fingerprint density at radius 1 is 1.15 bits per heavy atom. The first kappa shape index (κ1) is 16.6. The summed E-state index contributed by atoms with van der Waals surface area (Å²) in [5, 5.41) is 5.22. The zero-order chi connectivity index (χ0) is 17.9. The summed E-state index contributed by atoms with van der Waals surface area (Å²) < 4.78 is 5.56.